The first kappa shape index (κ1) is 41.3. The lowest BCUT2D eigenvalue weighted by molar-refractivity contribution is 0.670. The Morgan fingerprint density at radius 2 is 0.594 bits per heavy atom. The van der Waals surface area contributed by atoms with E-state index in [0.717, 1.165) is 106 Å². The second kappa shape index (κ2) is 18.2. The van der Waals surface area contributed by atoms with Crippen LogP contribution in [0.5, 0.6) is 0 Å². The number of hydrogen-bond donors (Lipinski definition) is 0. The third-order valence-electron chi connectivity index (χ3n) is 13.1. The zero-order valence-corrected chi connectivity index (χ0v) is 37.9. The van der Waals surface area contributed by atoms with Gasteiger partial charge in [-0.15, -0.1) is 0 Å². The van der Waals surface area contributed by atoms with Crippen LogP contribution in [-0.2, 0) is 0 Å². The van der Waals surface area contributed by atoms with Crippen molar-refractivity contribution in [2.24, 2.45) is 0 Å². The van der Waals surface area contributed by atoms with Crippen LogP contribution in [0, 0.1) is 0 Å². The lowest BCUT2D eigenvalue weighted by atomic mass is 9.98. The molecule has 0 amide bonds. The molecule has 0 saturated carbocycles. The summed E-state index contributed by atoms with van der Waals surface area (Å²) in [7, 11) is 0. The van der Waals surface area contributed by atoms with Gasteiger partial charge < -0.3 is 14.2 Å². The fraction of sp³-hybridized carbons (Fsp3) is 0. The van der Waals surface area contributed by atoms with Crippen LogP contribution in [0.2, 0.25) is 0 Å². The maximum atomic E-state index is 7.06. The van der Waals surface area contributed by atoms with E-state index in [0.29, 0.717) is 0 Å². The Morgan fingerprint density at radius 1 is 0.217 bits per heavy atom. The summed E-state index contributed by atoms with van der Waals surface area (Å²) in [4.78, 5) is 4.76. The summed E-state index contributed by atoms with van der Waals surface area (Å²) in [5.41, 5.74) is 19.3. The van der Waals surface area contributed by atoms with E-state index in [9.17, 15) is 0 Å². The van der Waals surface area contributed by atoms with Crippen LogP contribution in [0.1, 0.15) is 0 Å². The highest BCUT2D eigenvalue weighted by molar-refractivity contribution is 6.13. The molecule has 0 fully saturated rings. The van der Waals surface area contributed by atoms with Crippen molar-refractivity contribution in [2.45, 2.75) is 0 Å². The normalized spacial score (nSPS) is 11.2. The van der Waals surface area contributed by atoms with Gasteiger partial charge in [0.05, 0.1) is 17.1 Å². The minimum atomic E-state index is 0.834. The van der Waals surface area contributed by atoms with Gasteiger partial charge in [0.2, 0.25) is 0 Å². The highest BCUT2D eigenvalue weighted by Gasteiger charge is 2.23. The van der Waals surface area contributed by atoms with Gasteiger partial charge in [-0.25, -0.2) is 0 Å². The average Bonchev–Trinajstić information content (AvgIpc) is 3.83. The molecule has 326 valence electrons. The van der Waals surface area contributed by atoms with Crippen molar-refractivity contribution in [3.05, 3.63) is 279 Å². The third-order valence-corrected chi connectivity index (χ3v) is 13.1. The molecule has 3 heteroatoms. The molecule has 0 atom stereocenters. The number of hydrogen-bond acceptors (Lipinski definition) is 3. The number of anilines is 6. The summed E-state index contributed by atoms with van der Waals surface area (Å²) < 4.78 is 7.06. The first-order valence-corrected chi connectivity index (χ1v) is 23.5. The SMILES string of the molecule is c1ccc(-c2ccc(N(c3cccc(-c4cccc(N(c5ccccc5-c5ccccc5)c5ccccc5-c5ccccc5)c4)c3)c3cccc4c3oc3c(-c5ccccc5)cccc34)cc2)cc1. The summed E-state index contributed by atoms with van der Waals surface area (Å²) >= 11 is 0. The number of nitrogens with zero attached hydrogens (tertiary/aromatic N) is 2. The Morgan fingerprint density at radius 3 is 1.14 bits per heavy atom. The van der Waals surface area contributed by atoms with Crippen molar-refractivity contribution < 1.29 is 4.42 Å². The van der Waals surface area contributed by atoms with Crippen LogP contribution in [-0.4, -0.2) is 0 Å². The molecule has 0 aliphatic rings. The second-order valence-corrected chi connectivity index (χ2v) is 17.3. The Kier molecular flexibility index (Phi) is 10.9. The second-order valence-electron chi connectivity index (χ2n) is 17.3. The Labute approximate surface area is 403 Å². The van der Waals surface area contributed by atoms with E-state index in [1.807, 2.05) is 0 Å². The molecule has 1 aromatic heterocycles. The lowest BCUT2D eigenvalue weighted by Crippen LogP contribution is -2.12. The molecule has 3 nitrogen and oxygen atoms in total. The summed E-state index contributed by atoms with van der Waals surface area (Å²) in [6.07, 6.45) is 0. The van der Waals surface area contributed by atoms with Gasteiger partial charge in [0.15, 0.2) is 5.58 Å². The molecule has 0 spiro atoms. The van der Waals surface area contributed by atoms with Gasteiger partial charge in [-0.1, -0.05) is 224 Å². The molecule has 11 aromatic carbocycles. The summed E-state index contributed by atoms with van der Waals surface area (Å²) in [6.45, 7) is 0. The highest BCUT2D eigenvalue weighted by atomic mass is 16.3. The fourth-order valence-corrected chi connectivity index (χ4v) is 9.81. The van der Waals surface area contributed by atoms with Gasteiger partial charge in [-0.3, -0.25) is 0 Å². The van der Waals surface area contributed by atoms with Crippen molar-refractivity contribution in [1.82, 2.24) is 0 Å². The van der Waals surface area contributed by atoms with Gasteiger partial charge in [-0.2, -0.15) is 0 Å². The fourth-order valence-electron chi connectivity index (χ4n) is 9.81. The maximum Gasteiger partial charge on any atom is 0.159 e. The Hall–Kier alpha value is -9.18. The summed E-state index contributed by atoms with van der Waals surface area (Å²) in [5.74, 6) is 0. The van der Waals surface area contributed by atoms with Crippen LogP contribution in [0.4, 0.5) is 34.1 Å². The standard InChI is InChI=1S/C66H46N2O/c1-5-21-47(22-6-1)48-41-43-54(44-42-48)67(64-40-20-37-61-60-36-19-35-59(65(60)69-66(61)64)51-27-11-4-12-28-51)55-31-17-29-52(45-55)53-30-18-32-56(46-53)68(62-38-15-13-33-57(62)49-23-7-2-8-24-49)63-39-16-14-34-58(63)50-25-9-3-10-26-50/h1-46H. The first-order chi connectivity index (χ1) is 34.2. The molecule has 0 unspecified atom stereocenters. The quantitative estimate of drug-likeness (QED) is 0.129. The molecule has 1 heterocycles. The van der Waals surface area contributed by atoms with Crippen molar-refractivity contribution in [2.75, 3.05) is 9.80 Å². The molecule has 0 bridgehead atoms. The van der Waals surface area contributed by atoms with E-state index < -0.39 is 0 Å². The number of para-hydroxylation sites is 4. The molecule has 12 aromatic rings. The number of fused-ring (bicyclic) bond motifs is 3. The van der Waals surface area contributed by atoms with E-state index in [1.165, 1.54) is 5.56 Å². The Bertz CT molecular complexity index is 3630. The molecule has 0 N–H and O–H groups in total. The van der Waals surface area contributed by atoms with Gasteiger partial charge in [-0.05, 0) is 93.5 Å². The van der Waals surface area contributed by atoms with E-state index in [2.05, 4.69) is 289 Å². The smallest absolute Gasteiger partial charge is 0.159 e. The van der Waals surface area contributed by atoms with Crippen LogP contribution in [0.3, 0.4) is 0 Å². The first-order valence-electron chi connectivity index (χ1n) is 23.5. The van der Waals surface area contributed by atoms with Crippen LogP contribution in [0.25, 0.3) is 77.6 Å². The molecular weight excluding hydrogens is 837 g/mol. The van der Waals surface area contributed by atoms with Crippen molar-refractivity contribution in [1.29, 1.82) is 0 Å². The Balaban J connectivity index is 1.02. The topological polar surface area (TPSA) is 19.6 Å². The van der Waals surface area contributed by atoms with Crippen LogP contribution < -0.4 is 9.80 Å². The number of furan rings is 1. The average molecular weight is 883 g/mol. The molecule has 0 radical (unpaired) electrons. The van der Waals surface area contributed by atoms with E-state index in [-0.39, 0.29) is 0 Å². The largest absolute Gasteiger partial charge is 0.453 e. The van der Waals surface area contributed by atoms with Crippen LogP contribution in [0.15, 0.2) is 283 Å². The zero-order valence-electron chi connectivity index (χ0n) is 37.9. The predicted octanol–water partition coefficient (Wildman–Crippen LogP) is 18.9. The van der Waals surface area contributed by atoms with Crippen LogP contribution >= 0.6 is 0 Å². The van der Waals surface area contributed by atoms with Gasteiger partial charge >= 0.3 is 0 Å². The minimum absolute atomic E-state index is 0.834. The molecular formula is C66H46N2O. The summed E-state index contributed by atoms with van der Waals surface area (Å²) in [5, 5.41) is 2.16. The van der Waals surface area contributed by atoms with E-state index in [4.69, 9.17) is 4.42 Å². The van der Waals surface area contributed by atoms with Gasteiger partial charge in [0.25, 0.3) is 0 Å². The highest BCUT2D eigenvalue weighted by Crippen LogP contribution is 2.47. The number of benzene rings is 11. The lowest BCUT2D eigenvalue weighted by Gasteiger charge is -2.30. The monoisotopic (exact) mass is 882 g/mol. The van der Waals surface area contributed by atoms with Crippen molar-refractivity contribution >= 4 is 56.1 Å². The molecule has 0 aliphatic heterocycles. The zero-order chi connectivity index (χ0) is 45.9. The van der Waals surface area contributed by atoms with Crippen molar-refractivity contribution in [3.63, 3.8) is 0 Å². The minimum Gasteiger partial charge on any atom is -0.453 e. The third kappa shape index (κ3) is 7.92. The molecule has 69 heavy (non-hydrogen) atoms. The van der Waals surface area contributed by atoms with Crippen molar-refractivity contribution in [3.8, 4) is 55.6 Å². The number of rotatable bonds is 11. The van der Waals surface area contributed by atoms with E-state index >= 15 is 0 Å². The van der Waals surface area contributed by atoms with Gasteiger partial charge in [0.1, 0.15) is 5.58 Å². The maximum absolute atomic E-state index is 7.06. The molecule has 0 saturated heterocycles. The summed E-state index contributed by atoms with van der Waals surface area (Å²) in [6, 6.07) is 99.5. The molecule has 12 rings (SSSR count). The predicted molar refractivity (Wildman–Crippen MR) is 290 cm³/mol. The van der Waals surface area contributed by atoms with E-state index in [1.54, 1.807) is 0 Å². The van der Waals surface area contributed by atoms with Gasteiger partial charge in [0, 0.05) is 44.5 Å². The molecule has 0 aliphatic carbocycles.